The van der Waals surface area contributed by atoms with E-state index in [2.05, 4.69) is 0 Å². The summed E-state index contributed by atoms with van der Waals surface area (Å²) in [6.07, 6.45) is 3.28. The fraction of sp³-hybridized carbons (Fsp3) is 0.583. The maximum Gasteiger partial charge on any atom is 0.285 e. The average molecular weight is 233 g/mol. The van der Waals surface area contributed by atoms with Gasteiger partial charge >= 0.3 is 0 Å². The van der Waals surface area contributed by atoms with Gasteiger partial charge in [-0.3, -0.25) is 9.59 Å². The molecule has 0 bridgehead atoms. The molecule has 0 spiro atoms. The summed E-state index contributed by atoms with van der Waals surface area (Å²) in [5.41, 5.74) is 0.700. The smallest absolute Gasteiger partial charge is 0.273 e. The number of hydrazine groups is 1. The SMILES string of the molecule is CC1=C(C#N)C(=O)N(N2CCCCC2)C(=O)C1. The molecule has 1 saturated heterocycles. The first-order valence-corrected chi connectivity index (χ1v) is 5.87. The van der Waals surface area contributed by atoms with Gasteiger partial charge in [0, 0.05) is 13.1 Å². The molecular formula is C12H15N3O2. The van der Waals surface area contributed by atoms with Crippen LogP contribution in [0, 0.1) is 11.3 Å². The number of hydrogen-bond acceptors (Lipinski definition) is 4. The minimum absolute atomic E-state index is 0.121. The monoisotopic (exact) mass is 233 g/mol. The van der Waals surface area contributed by atoms with Gasteiger partial charge in [0.2, 0.25) is 5.91 Å². The molecule has 2 aliphatic rings. The lowest BCUT2D eigenvalue weighted by atomic mass is 10.0. The molecule has 0 aromatic carbocycles. The van der Waals surface area contributed by atoms with Crippen molar-refractivity contribution in [1.82, 2.24) is 10.0 Å². The molecule has 5 heteroatoms. The van der Waals surface area contributed by atoms with E-state index in [1.807, 2.05) is 6.07 Å². The van der Waals surface area contributed by atoms with Crippen LogP contribution in [-0.2, 0) is 9.59 Å². The molecule has 90 valence electrons. The predicted molar refractivity (Wildman–Crippen MR) is 60.2 cm³/mol. The van der Waals surface area contributed by atoms with Gasteiger partial charge in [-0.25, -0.2) is 10.0 Å². The number of hydrogen-bond donors (Lipinski definition) is 0. The third kappa shape index (κ3) is 2.08. The maximum atomic E-state index is 12.1. The number of piperidine rings is 1. The van der Waals surface area contributed by atoms with E-state index in [0.29, 0.717) is 5.57 Å². The number of amides is 2. The first-order chi connectivity index (χ1) is 8.15. The van der Waals surface area contributed by atoms with E-state index in [4.69, 9.17) is 5.26 Å². The van der Waals surface area contributed by atoms with Crippen LogP contribution in [0.1, 0.15) is 32.6 Å². The Morgan fingerprint density at radius 3 is 2.41 bits per heavy atom. The molecular weight excluding hydrogens is 218 g/mol. The lowest BCUT2D eigenvalue weighted by Crippen LogP contribution is -2.54. The van der Waals surface area contributed by atoms with Crippen molar-refractivity contribution in [2.45, 2.75) is 32.6 Å². The van der Waals surface area contributed by atoms with Crippen LogP contribution in [0.3, 0.4) is 0 Å². The Morgan fingerprint density at radius 1 is 1.18 bits per heavy atom. The quantitative estimate of drug-likeness (QED) is 0.633. The van der Waals surface area contributed by atoms with E-state index in [9.17, 15) is 9.59 Å². The van der Waals surface area contributed by atoms with Crippen molar-refractivity contribution in [2.75, 3.05) is 13.1 Å². The van der Waals surface area contributed by atoms with Gasteiger partial charge in [0.1, 0.15) is 11.6 Å². The molecule has 2 aliphatic heterocycles. The molecule has 0 radical (unpaired) electrons. The number of nitrogens with zero attached hydrogens (tertiary/aromatic N) is 3. The first-order valence-electron chi connectivity index (χ1n) is 5.87. The Hall–Kier alpha value is -1.67. The summed E-state index contributed by atoms with van der Waals surface area (Å²) >= 11 is 0. The summed E-state index contributed by atoms with van der Waals surface area (Å²) in [5.74, 6) is -0.670. The number of imide groups is 1. The topological polar surface area (TPSA) is 64.4 Å². The predicted octanol–water partition coefficient (Wildman–Crippen LogP) is 0.986. The van der Waals surface area contributed by atoms with Gasteiger partial charge in [-0.1, -0.05) is 6.42 Å². The number of carbonyl (C=O) groups is 2. The van der Waals surface area contributed by atoms with Crippen molar-refractivity contribution in [3.05, 3.63) is 11.1 Å². The molecule has 2 amide bonds. The molecule has 2 heterocycles. The molecule has 5 nitrogen and oxygen atoms in total. The third-order valence-electron chi connectivity index (χ3n) is 3.21. The molecule has 1 fully saturated rings. The Bertz CT molecular complexity index is 428. The second-order valence-corrected chi connectivity index (χ2v) is 4.47. The fourth-order valence-electron chi connectivity index (χ4n) is 2.30. The Kier molecular flexibility index (Phi) is 3.25. The zero-order valence-corrected chi connectivity index (χ0v) is 9.90. The lowest BCUT2D eigenvalue weighted by Gasteiger charge is -2.37. The van der Waals surface area contributed by atoms with Crippen molar-refractivity contribution in [3.8, 4) is 6.07 Å². The Morgan fingerprint density at radius 2 is 1.82 bits per heavy atom. The molecule has 0 N–H and O–H groups in total. The van der Waals surface area contributed by atoms with E-state index >= 15 is 0 Å². The summed E-state index contributed by atoms with van der Waals surface area (Å²) in [5, 5.41) is 11.9. The van der Waals surface area contributed by atoms with Crippen LogP contribution >= 0.6 is 0 Å². The molecule has 0 aromatic heterocycles. The van der Waals surface area contributed by atoms with E-state index in [0.717, 1.165) is 32.4 Å². The third-order valence-corrected chi connectivity index (χ3v) is 3.21. The minimum Gasteiger partial charge on any atom is -0.273 e. The van der Waals surface area contributed by atoms with Crippen molar-refractivity contribution in [2.24, 2.45) is 0 Å². The van der Waals surface area contributed by atoms with Gasteiger partial charge in [0.15, 0.2) is 0 Å². The Labute approximate surface area is 100 Å². The van der Waals surface area contributed by atoms with Crippen LogP contribution in [0.25, 0.3) is 0 Å². The van der Waals surface area contributed by atoms with Crippen molar-refractivity contribution >= 4 is 11.8 Å². The lowest BCUT2D eigenvalue weighted by molar-refractivity contribution is -0.164. The summed E-state index contributed by atoms with van der Waals surface area (Å²) in [6.45, 7) is 3.10. The maximum absolute atomic E-state index is 12.1. The molecule has 2 rings (SSSR count). The summed E-state index contributed by atoms with van der Waals surface area (Å²) < 4.78 is 0. The fourth-order valence-corrected chi connectivity index (χ4v) is 2.30. The first kappa shape index (κ1) is 11.8. The summed E-state index contributed by atoms with van der Waals surface area (Å²) in [7, 11) is 0. The second-order valence-electron chi connectivity index (χ2n) is 4.47. The molecule has 0 aliphatic carbocycles. The molecule has 0 saturated carbocycles. The van der Waals surface area contributed by atoms with Crippen molar-refractivity contribution < 1.29 is 9.59 Å². The van der Waals surface area contributed by atoms with Crippen molar-refractivity contribution in [1.29, 1.82) is 5.26 Å². The van der Waals surface area contributed by atoms with Crippen LogP contribution in [0.15, 0.2) is 11.1 Å². The van der Waals surface area contributed by atoms with Crippen LogP contribution < -0.4 is 0 Å². The second kappa shape index (κ2) is 4.68. The van der Waals surface area contributed by atoms with Gasteiger partial charge in [-0.2, -0.15) is 5.26 Å². The minimum atomic E-state index is -0.455. The van der Waals surface area contributed by atoms with Crippen LogP contribution in [0.5, 0.6) is 0 Å². The largest absolute Gasteiger partial charge is 0.285 e. The van der Waals surface area contributed by atoms with E-state index in [-0.39, 0.29) is 17.9 Å². The highest BCUT2D eigenvalue weighted by Gasteiger charge is 2.36. The normalized spacial score (nSPS) is 22.9. The standard InChI is InChI=1S/C12H15N3O2/c1-9-7-11(16)15(12(17)10(9)8-13)14-5-3-2-4-6-14/h2-7H2,1H3. The number of rotatable bonds is 1. The van der Waals surface area contributed by atoms with Gasteiger partial charge in [-0.15, -0.1) is 0 Å². The van der Waals surface area contributed by atoms with E-state index in [1.54, 1.807) is 11.9 Å². The summed E-state index contributed by atoms with van der Waals surface area (Å²) in [4.78, 5) is 24.0. The highest BCUT2D eigenvalue weighted by molar-refractivity contribution is 6.10. The molecule has 0 unspecified atom stereocenters. The van der Waals surface area contributed by atoms with Gasteiger partial charge in [-0.05, 0) is 25.3 Å². The van der Waals surface area contributed by atoms with Crippen molar-refractivity contribution in [3.63, 3.8) is 0 Å². The molecule has 0 aromatic rings. The number of nitriles is 1. The highest BCUT2D eigenvalue weighted by atomic mass is 16.2. The van der Waals surface area contributed by atoms with E-state index < -0.39 is 5.91 Å². The molecule has 17 heavy (non-hydrogen) atoms. The van der Waals surface area contributed by atoms with Gasteiger partial charge in [0.25, 0.3) is 5.91 Å². The molecule has 0 atom stereocenters. The van der Waals surface area contributed by atoms with Crippen LogP contribution in [-0.4, -0.2) is 34.9 Å². The van der Waals surface area contributed by atoms with Gasteiger partial charge < -0.3 is 0 Å². The summed E-state index contributed by atoms with van der Waals surface area (Å²) in [6, 6.07) is 1.90. The van der Waals surface area contributed by atoms with Crippen LogP contribution in [0.2, 0.25) is 0 Å². The zero-order valence-electron chi connectivity index (χ0n) is 9.90. The highest BCUT2D eigenvalue weighted by Crippen LogP contribution is 2.23. The zero-order chi connectivity index (χ0) is 12.4. The van der Waals surface area contributed by atoms with Gasteiger partial charge in [0.05, 0.1) is 6.42 Å². The average Bonchev–Trinajstić information content (AvgIpc) is 2.30. The van der Waals surface area contributed by atoms with E-state index in [1.165, 1.54) is 5.01 Å². The Balaban J connectivity index is 2.26. The van der Waals surface area contributed by atoms with Crippen LogP contribution in [0.4, 0.5) is 0 Å². The number of carbonyl (C=O) groups excluding carboxylic acids is 2.